The van der Waals surface area contributed by atoms with Crippen molar-refractivity contribution in [1.82, 2.24) is 10.6 Å². The zero-order valence-electron chi connectivity index (χ0n) is 20.2. The SMILES string of the molecule is CC(C)c1ccc2c(c1)OC1(O)c3ccccc3C(=O)C21NC(=O)[C@@H](C)NC(=O)OC(C)(C)C. The number of amides is 2. The molecule has 3 N–H and O–H groups in total. The van der Waals surface area contributed by atoms with Crippen molar-refractivity contribution in [3.8, 4) is 5.75 Å². The van der Waals surface area contributed by atoms with E-state index in [4.69, 9.17) is 9.47 Å². The molecule has 2 aromatic rings. The third kappa shape index (κ3) is 3.53. The highest BCUT2D eigenvalue weighted by molar-refractivity contribution is 6.12. The van der Waals surface area contributed by atoms with E-state index < -0.39 is 40.8 Å². The number of nitrogens with one attached hydrogen (secondary N) is 2. The molecule has 2 amide bonds. The second-order valence-corrected chi connectivity index (χ2v) is 10.1. The van der Waals surface area contributed by atoms with Gasteiger partial charge in [0, 0.05) is 16.7 Å². The lowest BCUT2D eigenvalue weighted by molar-refractivity contribution is -0.175. The number of Topliss-reactive ketones (excluding diaryl/α,β-unsaturated/α-hetero) is 1. The lowest BCUT2D eigenvalue weighted by atomic mass is 9.82. The number of benzene rings is 2. The quantitative estimate of drug-likeness (QED) is 0.636. The molecule has 3 atom stereocenters. The third-order valence-electron chi connectivity index (χ3n) is 6.16. The molecule has 0 bridgehead atoms. The summed E-state index contributed by atoms with van der Waals surface area (Å²) in [5.74, 6) is -2.78. The van der Waals surface area contributed by atoms with E-state index in [-0.39, 0.29) is 17.0 Å². The highest BCUT2D eigenvalue weighted by atomic mass is 16.6. The lowest BCUT2D eigenvalue weighted by Crippen LogP contribution is -2.62. The van der Waals surface area contributed by atoms with Gasteiger partial charge in [0.25, 0.3) is 5.79 Å². The van der Waals surface area contributed by atoms with Crippen LogP contribution in [0.3, 0.4) is 0 Å². The molecule has 2 unspecified atom stereocenters. The predicted octanol–water partition coefficient (Wildman–Crippen LogP) is 3.47. The van der Waals surface area contributed by atoms with E-state index in [1.54, 1.807) is 57.2 Å². The van der Waals surface area contributed by atoms with Crippen LogP contribution in [0.2, 0.25) is 0 Å². The number of hydrogen-bond donors (Lipinski definition) is 3. The number of carbonyl (C=O) groups is 3. The topological polar surface area (TPSA) is 114 Å². The molecule has 1 aliphatic carbocycles. The Bertz CT molecular complexity index is 1180. The fourth-order valence-corrected chi connectivity index (χ4v) is 4.47. The number of carbonyl (C=O) groups excluding carboxylic acids is 3. The number of rotatable bonds is 4. The van der Waals surface area contributed by atoms with E-state index in [1.807, 2.05) is 19.9 Å². The molecule has 4 rings (SSSR count). The van der Waals surface area contributed by atoms with Gasteiger partial charge >= 0.3 is 6.09 Å². The molecule has 180 valence electrons. The van der Waals surface area contributed by atoms with E-state index >= 15 is 0 Å². The van der Waals surface area contributed by atoms with Crippen molar-refractivity contribution in [3.63, 3.8) is 0 Å². The Kier molecular flexibility index (Phi) is 5.48. The minimum Gasteiger partial charge on any atom is -0.454 e. The number of alkyl carbamates (subject to hydrolysis) is 1. The largest absolute Gasteiger partial charge is 0.454 e. The summed E-state index contributed by atoms with van der Waals surface area (Å²) in [6.07, 6.45) is -0.770. The van der Waals surface area contributed by atoms with Crippen molar-refractivity contribution >= 4 is 17.8 Å². The molecular formula is C26H30N2O6. The maximum absolute atomic E-state index is 13.8. The number of ketones is 1. The second-order valence-electron chi connectivity index (χ2n) is 10.1. The van der Waals surface area contributed by atoms with Crippen molar-refractivity contribution in [2.24, 2.45) is 0 Å². The predicted molar refractivity (Wildman–Crippen MR) is 124 cm³/mol. The molecule has 8 nitrogen and oxygen atoms in total. The molecule has 2 aliphatic rings. The van der Waals surface area contributed by atoms with Crippen molar-refractivity contribution in [2.45, 2.75) is 70.4 Å². The second kappa shape index (κ2) is 7.84. The smallest absolute Gasteiger partial charge is 0.408 e. The Morgan fingerprint density at radius 2 is 1.74 bits per heavy atom. The summed E-state index contributed by atoms with van der Waals surface area (Å²) in [6.45, 7) is 10.7. The Labute approximate surface area is 198 Å². The molecule has 0 saturated carbocycles. The molecule has 34 heavy (non-hydrogen) atoms. The van der Waals surface area contributed by atoms with Gasteiger partial charge in [-0.3, -0.25) is 9.59 Å². The van der Waals surface area contributed by atoms with E-state index in [0.717, 1.165) is 5.56 Å². The first-order chi connectivity index (χ1) is 15.8. The minimum atomic E-state index is -2.14. The Balaban J connectivity index is 1.74. The summed E-state index contributed by atoms with van der Waals surface area (Å²) in [6, 6.07) is 10.9. The Morgan fingerprint density at radius 3 is 2.38 bits per heavy atom. The average molecular weight is 467 g/mol. The number of ether oxygens (including phenoxy) is 2. The van der Waals surface area contributed by atoms with E-state index in [9.17, 15) is 19.5 Å². The first-order valence-electron chi connectivity index (χ1n) is 11.3. The van der Waals surface area contributed by atoms with Crippen molar-refractivity contribution in [3.05, 3.63) is 64.7 Å². The van der Waals surface area contributed by atoms with Gasteiger partial charge in [-0.15, -0.1) is 0 Å². The van der Waals surface area contributed by atoms with E-state index in [0.29, 0.717) is 11.3 Å². The van der Waals surface area contributed by atoms with Gasteiger partial charge in [-0.1, -0.05) is 50.2 Å². The van der Waals surface area contributed by atoms with Crippen molar-refractivity contribution < 1.29 is 29.0 Å². The van der Waals surface area contributed by atoms with Crippen molar-refractivity contribution in [1.29, 1.82) is 0 Å². The van der Waals surface area contributed by atoms with Crippen LogP contribution in [0.1, 0.15) is 74.5 Å². The first-order valence-corrected chi connectivity index (χ1v) is 11.3. The average Bonchev–Trinajstić information content (AvgIpc) is 3.09. The highest BCUT2D eigenvalue weighted by Crippen LogP contribution is 2.58. The fraction of sp³-hybridized carbons (Fsp3) is 0.423. The van der Waals surface area contributed by atoms with Gasteiger partial charge in [0.15, 0.2) is 0 Å². The van der Waals surface area contributed by atoms with Crippen LogP contribution in [-0.2, 0) is 20.9 Å². The van der Waals surface area contributed by atoms with E-state index in [1.165, 1.54) is 6.92 Å². The molecule has 0 saturated heterocycles. The summed E-state index contributed by atoms with van der Waals surface area (Å²) in [5.41, 5.74) is -0.785. The minimum absolute atomic E-state index is 0.190. The summed E-state index contributed by atoms with van der Waals surface area (Å²) in [7, 11) is 0. The van der Waals surface area contributed by atoms with Crippen LogP contribution in [0.5, 0.6) is 5.75 Å². The molecule has 0 radical (unpaired) electrons. The fourth-order valence-electron chi connectivity index (χ4n) is 4.47. The van der Waals surface area contributed by atoms with Crippen LogP contribution in [0, 0.1) is 0 Å². The molecular weight excluding hydrogens is 436 g/mol. The monoisotopic (exact) mass is 466 g/mol. The Morgan fingerprint density at radius 1 is 1.06 bits per heavy atom. The van der Waals surface area contributed by atoms with Crippen LogP contribution < -0.4 is 15.4 Å². The summed E-state index contributed by atoms with van der Waals surface area (Å²) < 4.78 is 11.3. The number of hydrogen-bond acceptors (Lipinski definition) is 6. The summed E-state index contributed by atoms with van der Waals surface area (Å²) >= 11 is 0. The van der Waals surface area contributed by atoms with Gasteiger partial charge < -0.3 is 25.2 Å². The van der Waals surface area contributed by atoms with Gasteiger partial charge in [-0.05, 0) is 45.2 Å². The van der Waals surface area contributed by atoms with Gasteiger partial charge in [-0.2, -0.15) is 0 Å². The van der Waals surface area contributed by atoms with Gasteiger partial charge in [0.1, 0.15) is 17.4 Å². The Hall–Kier alpha value is -3.39. The molecule has 0 spiro atoms. The standard InChI is InChI=1S/C26H30N2O6/c1-14(2)16-11-12-19-20(13-16)33-26(32)18-10-8-7-9-17(18)21(29)25(19,26)28-22(30)15(3)27-23(31)34-24(4,5)6/h7-15,32H,1-6H3,(H,27,31)(H,28,30)/t15-,25?,26?/m1/s1. The van der Waals surface area contributed by atoms with Gasteiger partial charge in [-0.25, -0.2) is 4.79 Å². The van der Waals surface area contributed by atoms with Crippen LogP contribution >= 0.6 is 0 Å². The maximum Gasteiger partial charge on any atom is 0.408 e. The molecule has 0 aromatic heterocycles. The van der Waals surface area contributed by atoms with Crippen LogP contribution in [0.15, 0.2) is 42.5 Å². The zero-order chi connectivity index (χ0) is 25.1. The number of aliphatic hydroxyl groups is 1. The van der Waals surface area contributed by atoms with Crippen LogP contribution in [0.4, 0.5) is 4.79 Å². The van der Waals surface area contributed by atoms with Gasteiger partial charge in [0.2, 0.25) is 17.2 Å². The maximum atomic E-state index is 13.8. The van der Waals surface area contributed by atoms with Crippen LogP contribution in [-0.4, -0.2) is 34.5 Å². The molecule has 1 aliphatic heterocycles. The summed E-state index contributed by atoms with van der Waals surface area (Å²) in [4.78, 5) is 39.2. The highest BCUT2D eigenvalue weighted by Gasteiger charge is 2.71. The van der Waals surface area contributed by atoms with Gasteiger partial charge in [0.05, 0.1) is 0 Å². The lowest BCUT2D eigenvalue weighted by Gasteiger charge is -2.35. The van der Waals surface area contributed by atoms with Crippen molar-refractivity contribution in [2.75, 3.05) is 0 Å². The molecule has 1 heterocycles. The number of fused-ring (bicyclic) bond motifs is 5. The molecule has 8 heteroatoms. The van der Waals surface area contributed by atoms with E-state index in [2.05, 4.69) is 10.6 Å². The first kappa shape index (κ1) is 23.8. The molecule has 0 fully saturated rings. The van der Waals surface area contributed by atoms with Crippen LogP contribution in [0.25, 0.3) is 0 Å². The molecule has 2 aromatic carbocycles. The zero-order valence-corrected chi connectivity index (χ0v) is 20.2. The normalized spacial score (nSPS) is 23.5. The third-order valence-corrected chi connectivity index (χ3v) is 6.16. The summed E-state index contributed by atoms with van der Waals surface area (Å²) in [5, 5.41) is 17.1.